The summed E-state index contributed by atoms with van der Waals surface area (Å²) in [6.45, 7) is 4.46. The van der Waals surface area contributed by atoms with Gasteiger partial charge in [0.15, 0.2) is 0 Å². The third kappa shape index (κ3) is 2.66. The van der Waals surface area contributed by atoms with Gasteiger partial charge in [0.1, 0.15) is 0 Å². The molecule has 0 aliphatic carbocycles. The minimum atomic E-state index is 0.0356. The van der Waals surface area contributed by atoms with Gasteiger partial charge in [-0.1, -0.05) is 5.92 Å². The molecule has 88 valence electrons. The lowest BCUT2D eigenvalue weighted by Gasteiger charge is -2.27. The highest BCUT2D eigenvalue weighted by molar-refractivity contribution is 5.94. The number of aryl methyl sites for hydroxylation is 1. The van der Waals surface area contributed by atoms with Gasteiger partial charge in [-0.3, -0.25) is 4.79 Å². The number of carbonyl (C=O) groups excluding carboxylic acids is 1. The van der Waals surface area contributed by atoms with Crippen molar-refractivity contribution in [2.75, 3.05) is 26.3 Å². The number of benzene rings is 1. The second-order valence-electron chi connectivity index (χ2n) is 4.14. The maximum Gasteiger partial charge on any atom is 0.254 e. The molecule has 0 unspecified atom stereocenters. The van der Waals surface area contributed by atoms with E-state index in [9.17, 15) is 4.79 Å². The Kier molecular flexibility index (Phi) is 3.46. The lowest BCUT2D eigenvalue weighted by atomic mass is 10.1. The number of hydrogen-bond donors (Lipinski definition) is 0. The number of ether oxygens (including phenoxy) is 1. The summed E-state index contributed by atoms with van der Waals surface area (Å²) in [5.41, 5.74) is 2.43. The summed E-state index contributed by atoms with van der Waals surface area (Å²) in [5, 5.41) is 0. The molecule has 1 aliphatic rings. The van der Waals surface area contributed by atoms with Gasteiger partial charge in [-0.25, -0.2) is 0 Å². The van der Waals surface area contributed by atoms with Crippen LogP contribution >= 0.6 is 0 Å². The summed E-state index contributed by atoms with van der Waals surface area (Å²) in [6.07, 6.45) is 5.37. The number of morpholine rings is 1. The van der Waals surface area contributed by atoms with Gasteiger partial charge in [0, 0.05) is 24.2 Å². The molecule has 1 heterocycles. The molecule has 1 aliphatic heterocycles. The van der Waals surface area contributed by atoms with E-state index < -0.39 is 0 Å². The third-order valence-electron chi connectivity index (χ3n) is 2.79. The molecule has 17 heavy (non-hydrogen) atoms. The third-order valence-corrected chi connectivity index (χ3v) is 2.79. The van der Waals surface area contributed by atoms with Gasteiger partial charge in [-0.2, -0.15) is 0 Å². The minimum Gasteiger partial charge on any atom is -0.378 e. The van der Waals surface area contributed by atoms with E-state index in [-0.39, 0.29) is 5.91 Å². The van der Waals surface area contributed by atoms with Crippen LogP contribution in [0.25, 0.3) is 0 Å². The van der Waals surface area contributed by atoms with Gasteiger partial charge >= 0.3 is 0 Å². The molecule has 1 aromatic rings. The number of terminal acetylenes is 1. The summed E-state index contributed by atoms with van der Waals surface area (Å²) in [7, 11) is 0. The van der Waals surface area contributed by atoms with E-state index in [1.54, 1.807) is 11.0 Å². The molecule has 0 saturated carbocycles. The molecule has 1 fully saturated rings. The smallest absolute Gasteiger partial charge is 0.254 e. The highest BCUT2D eigenvalue weighted by atomic mass is 16.5. The monoisotopic (exact) mass is 229 g/mol. The van der Waals surface area contributed by atoms with Gasteiger partial charge < -0.3 is 9.64 Å². The number of carbonyl (C=O) groups is 1. The van der Waals surface area contributed by atoms with Crippen molar-refractivity contribution < 1.29 is 9.53 Å². The molecule has 0 bridgehead atoms. The van der Waals surface area contributed by atoms with Crippen LogP contribution in [0.5, 0.6) is 0 Å². The van der Waals surface area contributed by atoms with Crippen molar-refractivity contribution in [3.63, 3.8) is 0 Å². The lowest BCUT2D eigenvalue weighted by molar-refractivity contribution is 0.0303. The number of rotatable bonds is 1. The van der Waals surface area contributed by atoms with Gasteiger partial charge in [0.05, 0.1) is 13.2 Å². The van der Waals surface area contributed by atoms with Crippen LogP contribution in [0.4, 0.5) is 0 Å². The topological polar surface area (TPSA) is 29.5 Å². The van der Waals surface area contributed by atoms with Crippen molar-refractivity contribution in [1.82, 2.24) is 4.90 Å². The van der Waals surface area contributed by atoms with Crippen LogP contribution in [-0.4, -0.2) is 37.1 Å². The van der Waals surface area contributed by atoms with E-state index in [2.05, 4.69) is 5.92 Å². The molecule has 0 aromatic heterocycles. The Labute approximate surface area is 101 Å². The largest absolute Gasteiger partial charge is 0.378 e. The summed E-state index contributed by atoms with van der Waals surface area (Å²) in [5.74, 6) is 2.61. The van der Waals surface area contributed by atoms with Gasteiger partial charge in [0.25, 0.3) is 5.91 Å². The van der Waals surface area contributed by atoms with E-state index in [4.69, 9.17) is 11.2 Å². The standard InChI is InChI=1S/C14H15NO2/c1-3-12-8-11(2)9-13(10-12)14(16)15-4-6-17-7-5-15/h1,8-10H,4-7H2,2H3. The van der Waals surface area contributed by atoms with Gasteiger partial charge in [-0.15, -0.1) is 6.42 Å². The molecular weight excluding hydrogens is 214 g/mol. The predicted molar refractivity (Wildman–Crippen MR) is 65.8 cm³/mol. The van der Waals surface area contributed by atoms with Crippen molar-refractivity contribution in [3.8, 4) is 12.3 Å². The van der Waals surface area contributed by atoms with Crippen LogP contribution in [0, 0.1) is 19.3 Å². The Morgan fingerprint density at radius 2 is 2.06 bits per heavy atom. The van der Waals surface area contributed by atoms with Crippen LogP contribution in [0.1, 0.15) is 21.5 Å². The summed E-state index contributed by atoms with van der Waals surface area (Å²) < 4.78 is 5.23. The SMILES string of the molecule is C#Cc1cc(C)cc(C(=O)N2CCOCC2)c1. The van der Waals surface area contributed by atoms with Crippen molar-refractivity contribution >= 4 is 5.91 Å². The maximum absolute atomic E-state index is 12.2. The fourth-order valence-electron chi connectivity index (χ4n) is 1.94. The molecule has 0 N–H and O–H groups in total. The van der Waals surface area contributed by atoms with Gasteiger partial charge in [0.2, 0.25) is 0 Å². The van der Waals surface area contributed by atoms with Crippen LogP contribution in [0.2, 0.25) is 0 Å². The first kappa shape index (κ1) is 11.7. The quantitative estimate of drug-likeness (QED) is 0.682. The number of amides is 1. The molecule has 3 nitrogen and oxygen atoms in total. The molecule has 3 heteroatoms. The van der Waals surface area contributed by atoms with Gasteiger partial charge in [-0.05, 0) is 30.7 Å². The lowest BCUT2D eigenvalue weighted by Crippen LogP contribution is -2.40. The Morgan fingerprint density at radius 1 is 1.35 bits per heavy atom. The normalized spacial score (nSPS) is 15.4. The molecular formula is C14H15NO2. The molecule has 1 saturated heterocycles. The Hall–Kier alpha value is -1.79. The van der Waals surface area contributed by atoms with E-state index in [0.29, 0.717) is 31.9 Å². The van der Waals surface area contributed by atoms with E-state index in [1.165, 1.54) is 0 Å². The van der Waals surface area contributed by atoms with E-state index >= 15 is 0 Å². The second-order valence-corrected chi connectivity index (χ2v) is 4.14. The average Bonchev–Trinajstić information content (AvgIpc) is 2.38. The van der Waals surface area contributed by atoms with Crippen LogP contribution in [0.15, 0.2) is 18.2 Å². The Bertz CT molecular complexity index is 468. The van der Waals surface area contributed by atoms with Crippen LogP contribution in [0.3, 0.4) is 0 Å². The number of nitrogens with zero attached hydrogens (tertiary/aromatic N) is 1. The fraction of sp³-hybridized carbons (Fsp3) is 0.357. The van der Waals surface area contributed by atoms with E-state index in [0.717, 1.165) is 11.1 Å². The first-order valence-electron chi connectivity index (χ1n) is 5.66. The number of hydrogen-bond acceptors (Lipinski definition) is 2. The zero-order chi connectivity index (χ0) is 12.3. The van der Waals surface area contributed by atoms with Crippen LogP contribution in [-0.2, 0) is 4.74 Å². The average molecular weight is 229 g/mol. The minimum absolute atomic E-state index is 0.0356. The highest BCUT2D eigenvalue weighted by Crippen LogP contribution is 2.12. The van der Waals surface area contributed by atoms with Crippen molar-refractivity contribution in [1.29, 1.82) is 0 Å². The molecule has 1 amide bonds. The van der Waals surface area contributed by atoms with Crippen molar-refractivity contribution in [2.45, 2.75) is 6.92 Å². The summed E-state index contributed by atoms with van der Waals surface area (Å²) in [6, 6.07) is 5.54. The maximum atomic E-state index is 12.2. The van der Waals surface area contributed by atoms with E-state index in [1.807, 2.05) is 19.1 Å². The second kappa shape index (κ2) is 5.03. The van der Waals surface area contributed by atoms with Crippen molar-refractivity contribution in [3.05, 3.63) is 34.9 Å². The highest BCUT2D eigenvalue weighted by Gasteiger charge is 2.18. The fourth-order valence-corrected chi connectivity index (χ4v) is 1.94. The first-order valence-corrected chi connectivity index (χ1v) is 5.66. The molecule has 0 spiro atoms. The first-order chi connectivity index (χ1) is 8.20. The molecule has 0 radical (unpaired) electrons. The Morgan fingerprint density at radius 3 is 2.71 bits per heavy atom. The molecule has 2 rings (SSSR count). The molecule has 0 atom stereocenters. The molecule has 1 aromatic carbocycles. The summed E-state index contributed by atoms with van der Waals surface area (Å²) in [4.78, 5) is 14.0. The summed E-state index contributed by atoms with van der Waals surface area (Å²) >= 11 is 0. The Balaban J connectivity index is 2.24. The van der Waals surface area contributed by atoms with Crippen molar-refractivity contribution in [2.24, 2.45) is 0 Å². The zero-order valence-electron chi connectivity index (χ0n) is 9.90. The predicted octanol–water partition coefficient (Wildman–Crippen LogP) is 1.45. The zero-order valence-corrected chi connectivity index (χ0v) is 9.90. The van der Waals surface area contributed by atoms with Crippen LogP contribution < -0.4 is 0 Å².